The van der Waals surface area contributed by atoms with Crippen LogP contribution in [-0.4, -0.2) is 60.2 Å². The number of benzene rings is 3. The maximum atomic E-state index is 14.7. The van der Waals surface area contributed by atoms with E-state index in [1.807, 2.05) is 0 Å². The Hall–Kier alpha value is -4.79. The van der Waals surface area contributed by atoms with Gasteiger partial charge in [-0.2, -0.15) is 26.3 Å². The number of aliphatic carboxylic acids is 1. The van der Waals surface area contributed by atoms with Crippen LogP contribution in [0, 0.1) is 13.8 Å². The third kappa shape index (κ3) is 9.22. The highest BCUT2D eigenvalue weighted by Gasteiger charge is 2.73. The van der Waals surface area contributed by atoms with Crippen molar-refractivity contribution in [2.24, 2.45) is 5.73 Å². The number of nitrogens with one attached hydrogen (secondary N) is 1. The van der Waals surface area contributed by atoms with Gasteiger partial charge < -0.3 is 21.1 Å². The monoisotopic (exact) mass is 697 g/mol. The molecule has 3 aromatic carbocycles. The smallest absolute Gasteiger partial charge is 0.435 e. The second kappa shape index (κ2) is 15.6. The minimum absolute atomic E-state index is 0.0517. The van der Waals surface area contributed by atoms with Crippen LogP contribution in [0.25, 0.3) is 0 Å². The molecule has 1 unspecified atom stereocenters. The minimum Gasteiger partial charge on any atom is -0.480 e. The number of nitrogens with zero attached hydrogens (tertiary/aromatic N) is 1. The predicted octanol–water partition coefficient (Wildman–Crippen LogP) is 6.36. The maximum absolute atomic E-state index is 14.7. The Balaban J connectivity index is 1.85. The molecule has 49 heavy (non-hydrogen) atoms. The van der Waals surface area contributed by atoms with Crippen molar-refractivity contribution in [3.63, 3.8) is 0 Å². The number of Topliss-reactive ketones (excluding diaryl/α,β-unsaturated/α-hetero) is 1. The van der Waals surface area contributed by atoms with Gasteiger partial charge in [0.1, 0.15) is 6.04 Å². The molecular formula is C34H34F7N3O5. The summed E-state index contributed by atoms with van der Waals surface area (Å²) in [7, 11) is 0. The van der Waals surface area contributed by atoms with Crippen LogP contribution in [0.4, 0.5) is 36.4 Å². The normalized spacial score (nSPS) is 12.7. The summed E-state index contributed by atoms with van der Waals surface area (Å²) in [5, 5.41) is 11.5. The first-order valence-electron chi connectivity index (χ1n) is 15.0. The molecule has 1 atom stereocenters. The van der Waals surface area contributed by atoms with Gasteiger partial charge in [0.25, 0.3) is 5.91 Å². The molecule has 0 aliphatic heterocycles. The number of anilines is 1. The van der Waals surface area contributed by atoms with E-state index in [1.54, 1.807) is 30.3 Å². The number of ketones is 1. The quantitative estimate of drug-likeness (QED) is 0.102. The molecule has 0 heterocycles. The number of nitrogens with two attached hydrogens (primary N) is 1. The molecule has 3 aromatic rings. The Morgan fingerprint density at radius 1 is 0.837 bits per heavy atom. The van der Waals surface area contributed by atoms with Crippen molar-refractivity contribution in [3.8, 4) is 0 Å². The van der Waals surface area contributed by atoms with Gasteiger partial charge >= 0.3 is 24.0 Å². The number of hydrogen-bond acceptors (Lipinski definition) is 5. The highest BCUT2D eigenvalue weighted by atomic mass is 19.4. The second-order valence-corrected chi connectivity index (χ2v) is 11.4. The summed E-state index contributed by atoms with van der Waals surface area (Å²) in [4.78, 5) is 51.6. The van der Waals surface area contributed by atoms with Gasteiger partial charge in [-0.1, -0.05) is 42.5 Å². The Labute approximate surface area is 277 Å². The largest absolute Gasteiger partial charge is 0.480 e. The van der Waals surface area contributed by atoms with Crippen LogP contribution in [0.2, 0.25) is 0 Å². The third-order valence-electron chi connectivity index (χ3n) is 7.85. The average Bonchev–Trinajstić information content (AvgIpc) is 3.03. The number of carbonyl (C=O) groups excluding carboxylic acids is 3. The van der Waals surface area contributed by atoms with E-state index in [0.717, 1.165) is 0 Å². The minimum atomic E-state index is -6.29. The first-order chi connectivity index (χ1) is 22.8. The van der Waals surface area contributed by atoms with Crippen molar-refractivity contribution in [2.75, 3.05) is 18.0 Å². The lowest BCUT2D eigenvalue weighted by Gasteiger charge is -2.31. The summed E-state index contributed by atoms with van der Waals surface area (Å²) < 4.78 is 94.8. The number of amides is 2. The Morgan fingerprint density at radius 3 is 1.96 bits per heavy atom. The van der Waals surface area contributed by atoms with Gasteiger partial charge in [0, 0.05) is 48.3 Å². The Kier molecular flexibility index (Phi) is 12.3. The fourth-order valence-corrected chi connectivity index (χ4v) is 5.13. The van der Waals surface area contributed by atoms with Gasteiger partial charge in [-0.25, -0.2) is 4.39 Å². The number of carboxylic acid groups (broad SMARTS) is 1. The van der Waals surface area contributed by atoms with Crippen molar-refractivity contribution in [3.05, 3.63) is 100 Å². The topological polar surface area (TPSA) is 130 Å². The molecule has 2 amide bonds. The van der Waals surface area contributed by atoms with E-state index >= 15 is 0 Å². The summed E-state index contributed by atoms with van der Waals surface area (Å²) >= 11 is 0. The maximum Gasteiger partial charge on any atom is 0.435 e. The van der Waals surface area contributed by atoms with Gasteiger partial charge in [0.2, 0.25) is 5.91 Å². The van der Waals surface area contributed by atoms with Gasteiger partial charge in [-0.3, -0.25) is 19.2 Å². The molecule has 0 fully saturated rings. The molecular weight excluding hydrogens is 663 g/mol. The lowest BCUT2D eigenvalue weighted by molar-refractivity contribution is -0.348. The molecule has 0 spiro atoms. The van der Waals surface area contributed by atoms with Crippen LogP contribution >= 0.6 is 0 Å². The lowest BCUT2D eigenvalue weighted by Crippen LogP contribution is -2.50. The molecule has 0 aliphatic rings. The predicted molar refractivity (Wildman–Crippen MR) is 166 cm³/mol. The number of hydrogen-bond donors (Lipinski definition) is 3. The zero-order valence-corrected chi connectivity index (χ0v) is 26.4. The fourth-order valence-electron chi connectivity index (χ4n) is 5.13. The van der Waals surface area contributed by atoms with Crippen LogP contribution in [0.5, 0.6) is 0 Å². The van der Waals surface area contributed by atoms with Gasteiger partial charge in [0.05, 0.1) is 0 Å². The van der Waals surface area contributed by atoms with E-state index in [-0.39, 0.29) is 59.4 Å². The van der Waals surface area contributed by atoms with E-state index in [9.17, 15) is 49.9 Å². The number of alkyl halides is 7. The van der Waals surface area contributed by atoms with Crippen molar-refractivity contribution in [1.29, 1.82) is 0 Å². The molecule has 4 N–H and O–H groups in total. The van der Waals surface area contributed by atoms with Crippen LogP contribution < -0.4 is 16.0 Å². The molecule has 0 bridgehead atoms. The SMILES string of the molecule is Cc1cc(C(F)(C(F)(F)F)C(F)(F)F)cc(C)c1CC(=O)c1cccc(N(CCC(=O)NCCCC(N)C(=O)O)C(=O)c2ccccc2)c1. The Morgan fingerprint density at radius 2 is 1.41 bits per heavy atom. The summed E-state index contributed by atoms with van der Waals surface area (Å²) in [6.07, 6.45) is -12.8. The molecule has 0 radical (unpaired) electrons. The molecule has 15 heteroatoms. The standard InChI is InChI=1S/C34H34F7N3O5/c1-20-16-24(32(35,33(36,37)38)34(39,40)41)17-21(2)26(20)19-28(45)23-10-6-11-25(18-23)44(30(47)22-8-4-3-5-9-22)15-13-29(46)43-14-7-12-27(42)31(48)49/h3-6,8-11,16-18,27H,7,12-15,19,42H2,1-2H3,(H,43,46)(H,48,49). The third-order valence-corrected chi connectivity index (χ3v) is 7.85. The molecule has 0 saturated heterocycles. The molecule has 264 valence electrons. The van der Waals surface area contributed by atoms with E-state index in [2.05, 4.69) is 5.32 Å². The highest BCUT2D eigenvalue weighted by Crippen LogP contribution is 2.53. The number of halogens is 7. The van der Waals surface area contributed by atoms with Gasteiger partial charge in [-0.15, -0.1) is 0 Å². The molecule has 0 aromatic heterocycles. The van der Waals surface area contributed by atoms with Crippen molar-refractivity contribution in [2.45, 2.75) is 63.6 Å². The first-order valence-corrected chi connectivity index (χ1v) is 15.0. The number of rotatable bonds is 14. The van der Waals surface area contributed by atoms with E-state index in [0.29, 0.717) is 18.6 Å². The van der Waals surface area contributed by atoms with Crippen molar-refractivity contribution < 1.29 is 55.0 Å². The summed E-state index contributed by atoms with van der Waals surface area (Å²) in [5.41, 5.74) is -1.48. The van der Waals surface area contributed by atoms with Gasteiger partial charge in [0.15, 0.2) is 5.78 Å². The summed E-state index contributed by atoms with van der Waals surface area (Å²) in [6, 6.07) is 13.6. The summed E-state index contributed by atoms with van der Waals surface area (Å²) in [6.45, 7) is 2.37. The number of carboxylic acids is 1. The lowest BCUT2D eigenvalue weighted by atomic mass is 9.87. The zero-order valence-electron chi connectivity index (χ0n) is 26.4. The van der Waals surface area contributed by atoms with Crippen LogP contribution in [0.1, 0.15) is 62.2 Å². The molecule has 0 aliphatic carbocycles. The van der Waals surface area contributed by atoms with Crippen molar-refractivity contribution >= 4 is 29.3 Å². The number of aryl methyl sites for hydroxylation is 2. The van der Waals surface area contributed by atoms with Crippen LogP contribution in [0.3, 0.4) is 0 Å². The second-order valence-electron chi connectivity index (χ2n) is 11.4. The average molecular weight is 698 g/mol. The molecule has 8 nitrogen and oxygen atoms in total. The first kappa shape index (κ1) is 38.7. The van der Waals surface area contributed by atoms with Crippen LogP contribution in [0.15, 0.2) is 66.7 Å². The van der Waals surface area contributed by atoms with E-state index in [4.69, 9.17) is 10.8 Å². The van der Waals surface area contributed by atoms with Gasteiger partial charge in [-0.05, 0) is 67.6 Å². The van der Waals surface area contributed by atoms with Crippen LogP contribution in [-0.2, 0) is 21.7 Å². The zero-order chi connectivity index (χ0) is 36.7. The molecule has 3 rings (SSSR count). The van der Waals surface area contributed by atoms with E-state index in [1.165, 1.54) is 43.0 Å². The fraction of sp³-hybridized carbons (Fsp3) is 0.353. The number of carbonyl (C=O) groups is 4. The molecule has 0 saturated carbocycles. The Bertz CT molecular complexity index is 1640. The summed E-state index contributed by atoms with van der Waals surface area (Å²) in [5.74, 6) is -2.70. The van der Waals surface area contributed by atoms with E-state index < -0.39 is 59.6 Å². The highest BCUT2D eigenvalue weighted by molar-refractivity contribution is 6.07. The van der Waals surface area contributed by atoms with Crippen molar-refractivity contribution in [1.82, 2.24) is 5.32 Å².